The highest BCUT2D eigenvalue weighted by molar-refractivity contribution is 5.78. The van der Waals surface area contributed by atoms with E-state index >= 15 is 0 Å². The number of hydrogen-bond donors (Lipinski definition) is 2. The van der Waals surface area contributed by atoms with Gasteiger partial charge < -0.3 is 15.3 Å². The first-order chi connectivity index (χ1) is 9.89. The number of nitrogens with zero attached hydrogens (tertiary/aromatic N) is 1. The molecule has 1 atom stereocenters. The first-order valence-electron chi connectivity index (χ1n) is 8.61. The maximum atomic E-state index is 11.6. The Labute approximate surface area is 130 Å². The maximum absolute atomic E-state index is 11.6. The molecule has 0 amide bonds. The first kappa shape index (κ1) is 18.4. The molecule has 1 fully saturated rings. The standard InChI is InChI=1S/C17H34N2O2/c1-5-11-18-17(4,16(20)21)10-12-19(13-14(2)3)15-8-6-7-9-15/h14-15,18H,5-13H2,1-4H3,(H,20,21). The Morgan fingerprint density at radius 3 is 2.48 bits per heavy atom. The highest BCUT2D eigenvalue weighted by Crippen LogP contribution is 2.25. The zero-order valence-electron chi connectivity index (χ0n) is 14.3. The molecule has 0 aromatic heterocycles. The molecule has 0 heterocycles. The van der Waals surface area contributed by atoms with Gasteiger partial charge in [0.2, 0.25) is 0 Å². The summed E-state index contributed by atoms with van der Waals surface area (Å²) in [5, 5.41) is 12.8. The molecule has 1 saturated carbocycles. The molecule has 1 aliphatic rings. The van der Waals surface area contributed by atoms with Gasteiger partial charge in [0.15, 0.2) is 0 Å². The topological polar surface area (TPSA) is 52.6 Å². The predicted octanol–water partition coefficient (Wildman–Crippen LogP) is 3.12. The van der Waals surface area contributed by atoms with Crippen molar-refractivity contribution in [3.8, 4) is 0 Å². The molecule has 0 aromatic carbocycles. The molecule has 4 heteroatoms. The van der Waals surface area contributed by atoms with Crippen molar-refractivity contribution in [3.05, 3.63) is 0 Å². The van der Waals surface area contributed by atoms with Crippen LogP contribution in [-0.4, -0.2) is 47.2 Å². The molecular formula is C17H34N2O2. The van der Waals surface area contributed by atoms with Crippen molar-refractivity contribution in [2.45, 2.75) is 77.8 Å². The second-order valence-corrected chi connectivity index (χ2v) is 7.14. The van der Waals surface area contributed by atoms with Crippen LogP contribution in [0.2, 0.25) is 0 Å². The third-order valence-corrected chi connectivity index (χ3v) is 4.58. The second kappa shape index (κ2) is 8.74. The minimum absolute atomic E-state index is 0.630. The first-order valence-corrected chi connectivity index (χ1v) is 8.61. The molecule has 4 nitrogen and oxygen atoms in total. The molecule has 0 spiro atoms. The van der Waals surface area contributed by atoms with Gasteiger partial charge in [-0.2, -0.15) is 0 Å². The average Bonchev–Trinajstić information content (AvgIpc) is 2.94. The van der Waals surface area contributed by atoms with Gasteiger partial charge in [-0.1, -0.05) is 33.6 Å². The molecular weight excluding hydrogens is 264 g/mol. The van der Waals surface area contributed by atoms with Crippen LogP contribution in [0, 0.1) is 5.92 Å². The number of nitrogens with one attached hydrogen (secondary N) is 1. The minimum atomic E-state index is -0.802. The molecule has 0 aliphatic heterocycles. The highest BCUT2D eigenvalue weighted by atomic mass is 16.4. The smallest absolute Gasteiger partial charge is 0.323 e. The molecule has 124 valence electrons. The summed E-state index contributed by atoms with van der Waals surface area (Å²) in [6.07, 6.45) is 6.83. The molecule has 1 rings (SSSR count). The minimum Gasteiger partial charge on any atom is -0.480 e. The fourth-order valence-electron chi connectivity index (χ4n) is 3.20. The summed E-state index contributed by atoms with van der Waals surface area (Å²) in [7, 11) is 0. The Kier molecular flexibility index (Phi) is 7.67. The Bertz CT molecular complexity index is 314. The van der Waals surface area contributed by atoms with Gasteiger partial charge in [-0.25, -0.2) is 0 Å². The van der Waals surface area contributed by atoms with Crippen LogP contribution >= 0.6 is 0 Å². The summed E-state index contributed by atoms with van der Waals surface area (Å²) in [5.41, 5.74) is -0.802. The van der Waals surface area contributed by atoms with Crippen LogP contribution in [0.1, 0.15) is 66.2 Å². The van der Waals surface area contributed by atoms with Crippen LogP contribution < -0.4 is 5.32 Å². The van der Waals surface area contributed by atoms with Gasteiger partial charge in [0.05, 0.1) is 0 Å². The molecule has 0 radical (unpaired) electrons. The molecule has 1 unspecified atom stereocenters. The van der Waals surface area contributed by atoms with E-state index in [-0.39, 0.29) is 0 Å². The van der Waals surface area contributed by atoms with Crippen molar-refractivity contribution in [1.29, 1.82) is 0 Å². The van der Waals surface area contributed by atoms with Crippen molar-refractivity contribution < 1.29 is 9.90 Å². The zero-order valence-corrected chi connectivity index (χ0v) is 14.3. The Balaban J connectivity index is 2.61. The van der Waals surface area contributed by atoms with Crippen molar-refractivity contribution in [3.63, 3.8) is 0 Å². The largest absolute Gasteiger partial charge is 0.480 e. The van der Waals surface area contributed by atoms with E-state index in [9.17, 15) is 9.90 Å². The molecule has 0 saturated heterocycles. The SMILES string of the molecule is CCCNC(C)(CCN(CC(C)C)C1CCCC1)C(=O)O. The van der Waals surface area contributed by atoms with Gasteiger partial charge in [-0.3, -0.25) is 4.79 Å². The van der Waals surface area contributed by atoms with Crippen molar-refractivity contribution in [2.24, 2.45) is 5.92 Å². The summed E-state index contributed by atoms with van der Waals surface area (Å²) in [6, 6.07) is 0.664. The van der Waals surface area contributed by atoms with E-state index in [0.29, 0.717) is 18.4 Å². The maximum Gasteiger partial charge on any atom is 0.323 e. The van der Waals surface area contributed by atoms with E-state index in [2.05, 4.69) is 31.0 Å². The van der Waals surface area contributed by atoms with Crippen LogP contribution in [0.25, 0.3) is 0 Å². The Hall–Kier alpha value is -0.610. The summed E-state index contributed by atoms with van der Waals surface area (Å²) < 4.78 is 0. The van der Waals surface area contributed by atoms with Gasteiger partial charge in [0.25, 0.3) is 0 Å². The molecule has 0 aromatic rings. The normalized spacial score (nSPS) is 19.3. The summed E-state index contributed by atoms with van der Waals surface area (Å²) in [5.74, 6) is -0.0999. The van der Waals surface area contributed by atoms with Crippen LogP contribution in [0.5, 0.6) is 0 Å². The summed E-state index contributed by atoms with van der Waals surface area (Å²) in [6.45, 7) is 11.1. The zero-order chi connectivity index (χ0) is 15.9. The lowest BCUT2D eigenvalue weighted by molar-refractivity contribution is -0.144. The monoisotopic (exact) mass is 298 g/mol. The van der Waals surface area contributed by atoms with Crippen LogP contribution in [0.3, 0.4) is 0 Å². The number of aliphatic carboxylic acids is 1. The third-order valence-electron chi connectivity index (χ3n) is 4.58. The van der Waals surface area contributed by atoms with E-state index < -0.39 is 11.5 Å². The molecule has 21 heavy (non-hydrogen) atoms. The predicted molar refractivity (Wildman–Crippen MR) is 87.6 cm³/mol. The van der Waals surface area contributed by atoms with Crippen molar-refractivity contribution in [2.75, 3.05) is 19.6 Å². The second-order valence-electron chi connectivity index (χ2n) is 7.14. The number of carboxylic acids is 1. The summed E-state index contributed by atoms with van der Waals surface area (Å²) >= 11 is 0. The third kappa shape index (κ3) is 5.95. The van der Waals surface area contributed by atoms with Gasteiger partial charge >= 0.3 is 5.97 Å². The average molecular weight is 298 g/mol. The molecule has 0 bridgehead atoms. The van der Waals surface area contributed by atoms with Crippen molar-refractivity contribution in [1.82, 2.24) is 10.2 Å². The summed E-state index contributed by atoms with van der Waals surface area (Å²) in [4.78, 5) is 14.1. The Morgan fingerprint density at radius 1 is 1.38 bits per heavy atom. The van der Waals surface area contributed by atoms with E-state index in [1.165, 1.54) is 25.7 Å². The number of rotatable bonds is 10. The molecule has 2 N–H and O–H groups in total. The highest BCUT2D eigenvalue weighted by Gasteiger charge is 2.33. The number of carbonyl (C=O) groups is 1. The Morgan fingerprint density at radius 2 is 2.00 bits per heavy atom. The lowest BCUT2D eigenvalue weighted by atomic mass is 9.96. The lowest BCUT2D eigenvalue weighted by Crippen LogP contribution is -2.52. The van der Waals surface area contributed by atoms with E-state index in [0.717, 1.165) is 26.1 Å². The molecule has 1 aliphatic carbocycles. The van der Waals surface area contributed by atoms with Crippen LogP contribution in [-0.2, 0) is 4.79 Å². The van der Waals surface area contributed by atoms with Crippen LogP contribution in [0.15, 0.2) is 0 Å². The van der Waals surface area contributed by atoms with E-state index in [4.69, 9.17) is 0 Å². The van der Waals surface area contributed by atoms with Gasteiger partial charge in [-0.05, 0) is 45.1 Å². The fraction of sp³-hybridized carbons (Fsp3) is 0.941. The van der Waals surface area contributed by atoms with Crippen LogP contribution in [0.4, 0.5) is 0 Å². The fourth-order valence-corrected chi connectivity index (χ4v) is 3.20. The van der Waals surface area contributed by atoms with Crippen molar-refractivity contribution >= 4 is 5.97 Å². The van der Waals surface area contributed by atoms with Gasteiger partial charge in [0.1, 0.15) is 5.54 Å². The number of hydrogen-bond acceptors (Lipinski definition) is 3. The number of carboxylic acid groups (broad SMARTS) is 1. The quantitative estimate of drug-likeness (QED) is 0.650. The lowest BCUT2D eigenvalue weighted by Gasteiger charge is -2.34. The van der Waals surface area contributed by atoms with E-state index in [1.807, 2.05) is 6.92 Å². The van der Waals surface area contributed by atoms with Gasteiger partial charge in [0, 0.05) is 19.1 Å². The van der Waals surface area contributed by atoms with E-state index in [1.54, 1.807) is 0 Å². The van der Waals surface area contributed by atoms with Gasteiger partial charge in [-0.15, -0.1) is 0 Å².